The van der Waals surface area contributed by atoms with Crippen LogP contribution in [0.5, 0.6) is 0 Å². The number of methoxy groups -OCH3 is 1. The monoisotopic (exact) mass is 223 g/mol. The fourth-order valence-electron chi connectivity index (χ4n) is 2.77. The molecule has 4 atom stereocenters. The maximum atomic E-state index is 12.0. The molecular weight excluding hydrogens is 210 g/mol. The normalized spacial score (nSPS) is 39.9. The van der Waals surface area contributed by atoms with Gasteiger partial charge < -0.3 is 9.47 Å². The molecule has 16 heavy (non-hydrogen) atoms. The molecule has 0 spiro atoms. The van der Waals surface area contributed by atoms with Gasteiger partial charge >= 0.3 is 0 Å². The van der Waals surface area contributed by atoms with E-state index >= 15 is 0 Å². The summed E-state index contributed by atoms with van der Waals surface area (Å²) in [7, 11) is 1.56. The number of imide groups is 1. The molecule has 3 aliphatic heterocycles. The third-order valence-corrected chi connectivity index (χ3v) is 3.52. The molecular formula is C11H13NO4. The van der Waals surface area contributed by atoms with Crippen molar-refractivity contribution in [3.63, 3.8) is 0 Å². The molecule has 0 aromatic carbocycles. The Kier molecular flexibility index (Phi) is 2.12. The van der Waals surface area contributed by atoms with Crippen molar-refractivity contribution < 1.29 is 19.1 Å². The van der Waals surface area contributed by atoms with Gasteiger partial charge in [0.2, 0.25) is 11.8 Å². The van der Waals surface area contributed by atoms with E-state index in [4.69, 9.17) is 9.47 Å². The van der Waals surface area contributed by atoms with Crippen LogP contribution in [0.4, 0.5) is 0 Å². The van der Waals surface area contributed by atoms with Gasteiger partial charge in [-0.1, -0.05) is 12.2 Å². The highest BCUT2D eigenvalue weighted by Crippen LogP contribution is 2.44. The molecule has 3 rings (SSSR count). The van der Waals surface area contributed by atoms with Crippen LogP contribution in [-0.4, -0.2) is 49.2 Å². The van der Waals surface area contributed by atoms with Gasteiger partial charge in [0.1, 0.15) is 0 Å². The molecule has 2 bridgehead atoms. The molecule has 4 unspecified atom stereocenters. The summed E-state index contributed by atoms with van der Waals surface area (Å²) in [5.74, 6) is -0.800. The summed E-state index contributed by atoms with van der Waals surface area (Å²) in [5, 5.41) is 0. The highest BCUT2D eigenvalue weighted by molar-refractivity contribution is 6.06. The summed E-state index contributed by atoms with van der Waals surface area (Å²) < 4.78 is 10.4. The number of hydrogen-bond donors (Lipinski definition) is 0. The Morgan fingerprint density at radius 2 is 1.81 bits per heavy atom. The Balaban J connectivity index is 1.83. The van der Waals surface area contributed by atoms with Gasteiger partial charge in [0, 0.05) is 7.11 Å². The summed E-state index contributed by atoms with van der Waals surface area (Å²) in [5.41, 5.74) is 0. The predicted octanol–water partition coefficient (Wildman–Crippen LogP) is -0.429. The second-order valence-electron chi connectivity index (χ2n) is 4.32. The first-order chi connectivity index (χ1) is 7.74. The van der Waals surface area contributed by atoms with Crippen LogP contribution in [0.3, 0.4) is 0 Å². The molecule has 0 aromatic heterocycles. The average Bonchev–Trinajstić information content (AvgIpc) is 2.92. The fraction of sp³-hybridized carbons (Fsp3) is 0.636. The van der Waals surface area contributed by atoms with Crippen molar-refractivity contribution in [2.75, 3.05) is 20.3 Å². The van der Waals surface area contributed by atoms with Crippen molar-refractivity contribution in [1.29, 1.82) is 0 Å². The SMILES string of the molecule is COCCN1C(=O)C2C3C=CC(O3)C2C1=O. The van der Waals surface area contributed by atoms with Crippen LogP contribution < -0.4 is 0 Å². The topological polar surface area (TPSA) is 55.8 Å². The van der Waals surface area contributed by atoms with Gasteiger partial charge in [-0.25, -0.2) is 0 Å². The number of amides is 2. The smallest absolute Gasteiger partial charge is 0.236 e. The zero-order chi connectivity index (χ0) is 11.3. The number of hydrogen-bond acceptors (Lipinski definition) is 4. The van der Waals surface area contributed by atoms with Crippen molar-refractivity contribution in [2.24, 2.45) is 11.8 Å². The van der Waals surface area contributed by atoms with Crippen LogP contribution in [0.25, 0.3) is 0 Å². The van der Waals surface area contributed by atoms with Crippen LogP contribution in [0.1, 0.15) is 0 Å². The van der Waals surface area contributed by atoms with Gasteiger partial charge in [-0.2, -0.15) is 0 Å². The quantitative estimate of drug-likeness (QED) is 0.481. The van der Waals surface area contributed by atoms with E-state index in [1.165, 1.54) is 4.90 Å². The van der Waals surface area contributed by atoms with Crippen LogP contribution in [-0.2, 0) is 19.1 Å². The van der Waals surface area contributed by atoms with Gasteiger partial charge in [0.05, 0.1) is 37.2 Å². The molecule has 5 nitrogen and oxygen atoms in total. The third kappa shape index (κ3) is 1.13. The van der Waals surface area contributed by atoms with Gasteiger partial charge in [0.15, 0.2) is 0 Å². The van der Waals surface area contributed by atoms with Crippen molar-refractivity contribution in [3.8, 4) is 0 Å². The summed E-state index contributed by atoms with van der Waals surface area (Å²) >= 11 is 0. The van der Waals surface area contributed by atoms with E-state index in [-0.39, 0.29) is 35.9 Å². The van der Waals surface area contributed by atoms with E-state index in [9.17, 15) is 9.59 Å². The lowest BCUT2D eigenvalue weighted by molar-refractivity contribution is -0.143. The molecule has 2 amide bonds. The van der Waals surface area contributed by atoms with Gasteiger partial charge in [-0.05, 0) is 0 Å². The minimum atomic E-state index is -0.292. The molecule has 2 fully saturated rings. The average molecular weight is 223 g/mol. The van der Waals surface area contributed by atoms with Crippen LogP contribution in [0.15, 0.2) is 12.2 Å². The van der Waals surface area contributed by atoms with E-state index in [2.05, 4.69) is 0 Å². The maximum absolute atomic E-state index is 12.0. The zero-order valence-electron chi connectivity index (χ0n) is 8.96. The molecule has 0 aliphatic carbocycles. The second kappa shape index (κ2) is 3.40. The Labute approximate surface area is 93.0 Å². The van der Waals surface area contributed by atoms with Crippen molar-refractivity contribution >= 4 is 11.8 Å². The molecule has 2 saturated heterocycles. The minimum Gasteiger partial charge on any atom is -0.383 e. The number of carbonyl (C=O) groups is 2. The number of ether oxygens (including phenoxy) is 2. The summed E-state index contributed by atoms with van der Waals surface area (Å²) in [6.07, 6.45) is 3.38. The number of nitrogens with zero attached hydrogens (tertiary/aromatic N) is 1. The lowest BCUT2D eigenvalue weighted by Gasteiger charge is -2.16. The summed E-state index contributed by atoms with van der Waals surface area (Å²) in [4.78, 5) is 25.4. The Hall–Kier alpha value is -1.20. The molecule has 86 valence electrons. The lowest BCUT2D eigenvalue weighted by atomic mass is 9.85. The molecule has 3 aliphatic rings. The Bertz CT molecular complexity index is 348. The van der Waals surface area contributed by atoms with Gasteiger partial charge in [-0.15, -0.1) is 0 Å². The number of fused-ring (bicyclic) bond motifs is 5. The van der Waals surface area contributed by atoms with Crippen molar-refractivity contribution in [1.82, 2.24) is 4.90 Å². The molecule has 3 heterocycles. The van der Waals surface area contributed by atoms with Gasteiger partial charge in [-0.3, -0.25) is 14.5 Å². The first-order valence-corrected chi connectivity index (χ1v) is 5.42. The Morgan fingerprint density at radius 1 is 1.25 bits per heavy atom. The minimum absolute atomic E-state index is 0.107. The van der Waals surface area contributed by atoms with Crippen LogP contribution in [0.2, 0.25) is 0 Å². The number of carbonyl (C=O) groups excluding carboxylic acids is 2. The molecule has 0 saturated carbocycles. The lowest BCUT2D eigenvalue weighted by Crippen LogP contribution is -2.36. The number of rotatable bonds is 3. The van der Waals surface area contributed by atoms with E-state index in [1.54, 1.807) is 7.11 Å². The summed E-state index contributed by atoms with van der Waals surface area (Å²) in [6.45, 7) is 0.737. The van der Waals surface area contributed by atoms with Crippen molar-refractivity contribution in [2.45, 2.75) is 12.2 Å². The molecule has 0 N–H and O–H groups in total. The molecule has 0 aromatic rings. The number of likely N-dealkylation sites (tertiary alicyclic amines) is 1. The zero-order valence-corrected chi connectivity index (χ0v) is 8.96. The van der Waals surface area contributed by atoms with Crippen LogP contribution in [0, 0.1) is 11.8 Å². The Morgan fingerprint density at radius 3 is 2.31 bits per heavy atom. The van der Waals surface area contributed by atoms with E-state index in [0.29, 0.717) is 13.2 Å². The largest absolute Gasteiger partial charge is 0.383 e. The summed E-state index contributed by atoms with van der Waals surface area (Å²) in [6, 6.07) is 0. The first kappa shape index (κ1) is 9.99. The third-order valence-electron chi connectivity index (χ3n) is 3.52. The standard InChI is InChI=1S/C11H13NO4/c1-15-5-4-12-10(13)8-6-2-3-7(16-6)9(8)11(12)14/h2-3,6-9H,4-5H2,1H3. The van der Waals surface area contributed by atoms with Crippen LogP contribution >= 0.6 is 0 Å². The molecule has 0 radical (unpaired) electrons. The fourth-order valence-corrected chi connectivity index (χ4v) is 2.77. The van der Waals surface area contributed by atoms with E-state index < -0.39 is 0 Å². The maximum Gasteiger partial charge on any atom is 0.236 e. The van der Waals surface area contributed by atoms with Gasteiger partial charge in [0.25, 0.3) is 0 Å². The van der Waals surface area contributed by atoms with Crippen molar-refractivity contribution in [3.05, 3.63) is 12.2 Å². The molecule has 5 heteroatoms. The first-order valence-electron chi connectivity index (χ1n) is 5.42. The second-order valence-corrected chi connectivity index (χ2v) is 4.32. The van der Waals surface area contributed by atoms with E-state index in [1.807, 2.05) is 12.2 Å². The highest BCUT2D eigenvalue weighted by Gasteiger charge is 2.60. The predicted molar refractivity (Wildman–Crippen MR) is 53.4 cm³/mol. The van der Waals surface area contributed by atoms with E-state index in [0.717, 1.165) is 0 Å². The highest BCUT2D eigenvalue weighted by atomic mass is 16.5.